The lowest BCUT2D eigenvalue weighted by molar-refractivity contribution is -0.575. The van der Waals surface area contributed by atoms with E-state index < -0.39 is 24.0 Å². The third kappa shape index (κ3) is 3.37. The largest absolute Gasteiger partial charge is 0.465 e. The highest BCUT2D eigenvalue weighted by molar-refractivity contribution is 5.96. The van der Waals surface area contributed by atoms with Crippen molar-refractivity contribution in [1.82, 2.24) is 0 Å². The van der Waals surface area contributed by atoms with Crippen LogP contribution in [-0.4, -0.2) is 24.0 Å². The molecule has 36 heavy (non-hydrogen) atoms. The summed E-state index contributed by atoms with van der Waals surface area (Å²) < 4.78 is 19.5. The molecule has 188 valence electrons. The minimum absolute atomic E-state index is 0.142. The average Bonchev–Trinajstić information content (AvgIpc) is 3.13. The van der Waals surface area contributed by atoms with Crippen LogP contribution in [0.15, 0.2) is 66.7 Å². The number of hydrogen-bond acceptors (Lipinski definition) is 5. The quantitative estimate of drug-likeness (QED) is 0.370. The van der Waals surface area contributed by atoms with Gasteiger partial charge in [0.2, 0.25) is 12.1 Å². The van der Waals surface area contributed by atoms with E-state index >= 15 is 0 Å². The van der Waals surface area contributed by atoms with E-state index in [2.05, 4.69) is 68.4 Å². The second-order valence-corrected chi connectivity index (χ2v) is 11.4. The third-order valence-electron chi connectivity index (χ3n) is 9.30. The Hall–Kier alpha value is -2.44. The van der Waals surface area contributed by atoms with Crippen LogP contribution in [-0.2, 0) is 19.2 Å². The lowest BCUT2D eigenvalue weighted by atomic mass is 9.58. The summed E-state index contributed by atoms with van der Waals surface area (Å²) in [4.78, 5) is 12.2. The van der Waals surface area contributed by atoms with Crippen LogP contribution in [0.5, 0.6) is 5.75 Å². The van der Waals surface area contributed by atoms with Crippen LogP contribution in [0.1, 0.15) is 46.5 Å². The first-order valence-electron chi connectivity index (χ1n) is 13.4. The fraction of sp³-hybridized carbons (Fsp3) is 0.484. The van der Waals surface area contributed by atoms with Gasteiger partial charge >= 0.3 is 0 Å². The van der Waals surface area contributed by atoms with E-state index in [4.69, 9.17) is 24.0 Å². The Morgan fingerprint density at radius 1 is 0.833 bits per heavy atom. The van der Waals surface area contributed by atoms with Gasteiger partial charge < -0.3 is 14.2 Å². The monoisotopic (exact) mass is 486 g/mol. The van der Waals surface area contributed by atoms with Gasteiger partial charge in [-0.25, -0.2) is 9.78 Å². The van der Waals surface area contributed by atoms with Gasteiger partial charge in [-0.1, -0.05) is 68.4 Å². The predicted molar refractivity (Wildman–Crippen MR) is 137 cm³/mol. The maximum absolute atomic E-state index is 6.58. The Morgan fingerprint density at radius 2 is 1.64 bits per heavy atom. The fourth-order valence-corrected chi connectivity index (χ4v) is 7.33. The molecule has 0 amide bonds. The van der Waals surface area contributed by atoms with Crippen LogP contribution in [0, 0.1) is 23.7 Å². The van der Waals surface area contributed by atoms with Crippen molar-refractivity contribution < 1.29 is 24.0 Å². The molecular formula is C31H34O5. The predicted octanol–water partition coefficient (Wildman–Crippen LogP) is 7.09. The highest BCUT2D eigenvalue weighted by atomic mass is 17.3. The first-order chi connectivity index (χ1) is 17.5. The lowest BCUT2D eigenvalue weighted by Gasteiger charge is -2.60. The normalized spacial score (nSPS) is 39.4. The average molecular weight is 487 g/mol. The molecule has 4 saturated heterocycles. The van der Waals surface area contributed by atoms with Crippen molar-refractivity contribution in [2.24, 2.45) is 23.7 Å². The smallest absolute Gasteiger partial charge is 0.205 e. The van der Waals surface area contributed by atoms with Crippen LogP contribution in [0.2, 0.25) is 0 Å². The fourth-order valence-electron chi connectivity index (χ4n) is 7.33. The SMILES string of the molecule is C[C@H]1[C@H](Oc2ccc(-c3cccc4ccccc34)cc2)O[C@@H]2O[C@]3(C)CC[C@H]4[C@H](C)CC[C@@H]1[C@@]24OO3. The molecule has 8 rings (SSSR count). The molecule has 8 atom stereocenters. The molecule has 5 aliphatic rings. The molecule has 5 nitrogen and oxygen atoms in total. The summed E-state index contributed by atoms with van der Waals surface area (Å²) in [6, 6.07) is 23.3. The van der Waals surface area contributed by atoms with Gasteiger partial charge in [-0.05, 0) is 72.1 Å². The zero-order valence-electron chi connectivity index (χ0n) is 21.2. The Kier molecular flexibility index (Phi) is 5.23. The van der Waals surface area contributed by atoms with Gasteiger partial charge in [-0.2, -0.15) is 0 Å². The van der Waals surface area contributed by atoms with Crippen molar-refractivity contribution in [3.05, 3.63) is 66.7 Å². The molecular weight excluding hydrogens is 452 g/mol. The van der Waals surface area contributed by atoms with Gasteiger partial charge in [-0.3, -0.25) is 0 Å². The third-order valence-corrected chi connectivity index (χ3v) is 9.30. The highest BCUT2D eigenvalue weighted by Crippen LogP contribution is 2.60. The highest BCUT2D eigenvalue weighted by Gasteiger charge is 2.69. The summed E-state index contributed by atoms with van der Waals surface area (Å²) in [5.74, 6) is 1.32. The summed E-state index contributed by atoms with van der Waals surface area (Å²) in [6.45, 7) is 6.52. The van der Waals surface area contributed by atoms with E-state index in [1.807, 2.05) is 19.1 Å². The van der Waals surface area contributed by atoms with E-state index in [-0.39, 0.29) is 11.8 Å². The first-order valence-corrected chi connectivity index (χ1v) is 13.4. The zero-order chi connectivity index (χ0) is 24.5. The molecule has 5 fully saturated rings. The molecule has 4 heterocycles. The number of benzene rings is 3. The molecule has 2 bridgehead atoms. The lowest BCUT2D eigenvalue weighted by Crippen LogP contribution is -2.70. The number of hydrogen-bond donors (Lipinski definition) is 0. The second kappa shape index (κ2) is 8.29. The Morgan fingerprint density at radius 3 is 2.50 bits per heavy atom. The summed E-state index contributed by atoms with van der Waals surface area (Å²) in [6.07, 6.45) is 3.18. The molecule has 0 radical (unpaired) electrons. The summed E-state index contributed by atoms with van der Waals surface area (Å²) in [5, 5.41) is 2.49. The van der Waals surface area contributed by atoms with E-state index in [9.17, 15) is 0 Å². The van der Waals surface area contributed by atoms with Crippen molar-refractivity contribution in [2.45, 2.75) is 70.4 Å². The summed E-state index contributed by atoms with van der Waals surface area (Å²) in [5.41, 5.74) is 1.83. The second-order valence-electron chi connectivity index (χ2n) is 11.4. The first kappa shape index (κ1) is 22.7. The molecule has 4 aliphatic heterocycles. The summed E-state index contributed by atoms with van der Waals surface area (Å²) in [7, 11) is 0. The molecule has 3 aromatic rings. The van der Waals surface area contributed by atoms with Crippen molar-refractivity contribution in [1.29, 1.82) is 0 Å². The van der Waals surface area contributed by atoms with Gasteiger partial charge in [-0.15, -0.1) is 0 Å². The molecule has 1 aliphatic carbocycles. The van der Waals surface area contributed by atoms with E-state index in [0.29, 0.717) is 11.8 Å². The zero-order valence-corrected chi connectivity index (χ0v) is 21.2. The Balaban J connectivity index is 1.16. The molecule has 0 N–H and O–H groups in total. The van der Waals surface area contributed by atoms with Crippen molar-refractivity contribution in [2.75, 3.05) is 0 Å². The number of ether oxygens (including phenoxy) is 3. The molecule has 5 heteroatoms. The summed E-state index contributed by atoms with van der Waals surface area (Å²) >= 11 is 0. The van der Waals surface area contributed by atoms with E-state index in [1.54, 1.807) is 0 Å². The van der Waals surface area contributed by atoms with Gasteiger partial charge in [0.05, 0.1) is 0 Å². The van der Waals surface area contributed by atoms with Crippen LogP contribution in [0.3, 0.4) is 0 Å². The standard InChI is InChI=1S/C31H34O5/c1-19-11-16-27-20(2)28(33-29-31(27)26(19)17-18-30(3,34-29)35-36-31)32-23-14-12-22(13-15-23)25-10-6-8-21-7-4-5-9-24(21)25/h4-10,12-15,19-20,26-29H,11,16-18H2,1-3H3/t19-,20-,26+,27+,28-,29-,30+,31-/m1/s1. The van der Waals surface area contributed by atoms with Gasteiger partial charge in [0.1, 0.15) is 5.75 Å². The Bertz CT molecular complexity index is 1270. The topological polar surface area (TPSA) is 46.2 Å². The van der Waals surface area contributed by atoms with Crippen LogP contribution >= 0.6 is 0 Å². The van der Waals surface area contributed by atoms with Gasteiger partial charge in [0.15, 0.2) is 11.9 Å². The molecule has 3 aromatic carbocycles. The van der Waals surface area contributed by atoms with Crippen LogP contribution < -0.4 is 4.74 Å². The Labute approximate surface area is 212 Å². The van der Waals surface area contributed by atoms with Crippen LogP contribution in [0.4, 0.5) is 0 Å². The molecule has 0 aromatic heterocycles. The maximum Gasteiger partial charge on any atom is 0.205 e. The number of fused-ring (bicyclic) bond motifs is 3. The number of rotatable bonds is 3. The van der Waals surface area contributed by atoms with E-state index in [1.165, 1.54) is 28.3 Å². The molecule has 1 saturated carbocycles. The van der Waals surface area contributed by atoms with Crippen molar-refractivity contribution in [3.8, 4) is 16.9 Å². The van der Waals surface area contributed by atoms with Gasteiger partial charge in [0, 0.05) is 18.3 Å². The minimum Gasteiger partial charge on any atom is -0.465 e. The van der Waals surface area contributed by atoms with Gasteiger partial charge in [0.25, 0.3) is 0 Å². The minimum atomic E-state index is -0.775. The van der Waals surface area contributed by atoms with Crippen molar-refractivity contribution >= 4 is 10.8 Å². The molecule has 1 spiro atoms. The van der Waals surface area contributed by atoms with Crippen LogP contribution in [0.25, 0.3) is 21.9 Å². The molecule has 0 unspecified atom stereocenters. The van der Waals surface area contributed by atoms with Crippen molar-refractivity contribution in [3.63, 3.8) is 0 Å². The van der Waals surface area contributed by atoms with E-state index in [0.717, 1.165) is 25.0 Å². The maximum atomic E-state index is 6.58.